The average molecular weight is 488 g/mol. The van der Waals surface area contributed by atoms with E-state index in [0.717, 1.165) is 0 Å². The van der Waals surface area contributed by atoms with Gasteiger partial charge < -0.3 is 30.0 Å². The molecule has 12 heteroatoms. The summed E-state index contributed by atoms with van der Waals surface area (Å²) >= 11 is 0. The molecule has 188 valence electrons. The molecule has 1 aliphatic rings. The maximum Gasteiger partial charge on any atom is 0.275 e. The van der Waals surface area contributed by atoms with Gasteiger partial charge in [0, 0.05) is 24.2 Å². The first kappa shape index (κ1) is 24.8. The van der Waals surface area contributed by atoms with Crippen LogP contribution in [0.3, 0.4) is 0 Å². The van der Waals surface area contributed by atoms with Gasteiger partial charge in [0.15, 0.2) is 5.65 Å². The monoisotopic (exact) mass is 487 g/mol. The predicted octanol–water partition coefficient (Wildman–Crippen LogP) is 2.16. The number of nitrogens with zero attached hydrogens (tertiary/aromatic N) is 3. The predicted molar refractivity (Wildman–Crippen MR) is 126 cm³/mol. The van der Waals surface area contributed by atoms with Crippen LogP contribution in [0.1, 0.15) is 50.7 Å². The molecule has 12 nitrogen and oxygen atoms in total. The van der Waals surface area contributed by atoms with E-state index in [1.807, 2.05) is 20.8 Å². The van der Waals surface area contributed by atoms with Crippen molar-refractivity contribution in [3.05, 3.63) is 62.1 Å². The van der Waals surface area contributed by atoms with Crippen molar-refractivity contribution in [3.8, 4) is 0 Å². The molecule has 35 heavy (non-hydrogen) atoms. The molecule has 1 aliphatic heterocycles. The summed E-state index contributed by atoms with van der Waals surface area (Å²) in [6, 6.07) is 6.41. The number of aliphatic hydroxyl groups is 2. The quantitative estimate of drug-likeness (QED) is 0.287. The van der Waals surface area contributed by atoms with Crippen molar-refractivity contribution in [1.82, 2.24) is 14.5 Å². The van der Waals surface area contributed by atoms with Crippen LogP contribution in [-0.4, -0.2) is 48.5 Å². The lowest BCUT2D eigenvalue weighted by atomic mass is 9.84. The van der Waals surface area contributed by atoms with Crippen LogP contribution in [0.4, 0.5) is 11.6 Å². The number of para-hydroxylation sites is 1. The van der Waals surface area contributed by atoms with Crippen molar-refractivity contribution in [3.63, 3.8) is 0 Å². The van der Waals surface area contributed by atoms with Gasteiger partial charge in [0.2, 0.25) is 5.95 Å². The molecule has 3 heterocycles. The Bertz CT molecular complexity index is 1300. The fourth-order valence-electron chi connectivity index (χ4n) is 4.48. The van der Waals surface area contributed by atoms with Crippen molar-refractivity contribution in [2.75, 3.05) is 12.3 Å². The van der Waals surface area contributed by atoms with E-state index in [0.29, 0.717) is 11.1 Å². The number of ether oxygens (including phenoxy) is 2. The van der Waals surface area contributed by atoms with Crippen LogP contribution < -0.4 is 11.3 Å². The number of aliphatic hydroxyl groups excluding tert-OH is 2. The van der Waals surface area contributed by atoms with Gasteiger partial charge in [0.1, 0.15) is 12.3 Å². The number of nitrogens with one attached hydrogen (secondary N) is 1. The number of anilines is 1. The zero-order valence-electron chi connectivity index (χ0n) is 19.7. The van der Waals surface area contributed by atoms with Crippen molar-refractivity contribution >= 4 is 22.7 Å². The van der Waals surface area contributed by atoms with Crippen LogP contribution in [0.25, 0.3) is 11.0 Å². The summed E-state index contributed by atoms with van der Waals surface area (Å²) in [7, 11) is 0. The van der Waals surface area contributed by atoms with Crippen LogP contribution in [0.5, 0.6) is 0 Å². The third-order valence-electron chi connectivity index (χ3n) is 6.08. The molecule has 1 aromatic carbocycles. The van der Waals surface area contributed by atoms with Crippen molar-refractivity contribution in [2.24, 2.45) is 5.41 Å². The van der Waals surface area contributed by atoms with Gasteiger partial charge in [-0.1, -0.05) is 32.9 Å². The fraction of sp³-hybridized carbons (Fsp3) is 0.478. The van der Waals surface area contributed by atoms with Gasteiger partial charge in [-0.25, -0.2) is 0 Å². The molecule has 0 amide bonds. The van der Waals surface area contributed by atoms with Crippen LogP contribution in [0, 0.1) is 15.5 Å². The number of hydrogen-bond acceptors (Lipinski definition) is 9. The molecule has 0 aliphatic carbocycles. The molecule has 2 unspecified atom stereocenters. The number of benzene rings is 1. The van der Waals surface area contributed by atoms with Crippen molar-refractivity contribution in [2.45, 2.75) is 58.3 Å². The minimum atomic E-state index is -0.884. The molecule has 0 radical (unpaired) electrons. The van der Waals surface area contributed by atoms with Crippen LogP contribution in [0.15, 0.2) is 35.3 Å². The van der Waals surface area contributed by atoms with Gasteiger partial charge >= 0.3 is 0 Å². The molecule has 1 fully saturated rings. The number of nitro groups is 1. The van der Waals surface area contributed by atoms with E-state index in [9.17, 15) is 25.1 Å². The minimum absolute atomic E-state index is 0.0504. The second-order valence-corrected chi connectivity index (χ2v) is 9.70. The molecule has 3 aromatic rings. The Morgan fingerprint density at radius 2 is 2.11 bits per heavy atom. The van der Waals surface area contributed by atoms with Gasteiger partial charge in [-0.15, -0.1) is 0 Å². The second-order valence-electron chi connectivity index (χ2n) is 9.70. The zero-order chi connectivity index (χ0) is 25.5. The van der Waals surface area contributed by atoms with Crippen molar-refractivity contribution < 1.29 is 24.6 Å². The van der Waals surface area contributed by atoms with Crippen LogP contribution in [0.2, 0.25) is 0 Å². The van der Waals surface area contributed by atoms with E-state index in [2.05, 4.69) is 9.97 Å². The van der Waals surface area contributed by atoms with E-state index < -0.39 is 40.4 Å². The van der Waals surface area contributed by atoms with Crippen LogP contribution >= 0.6 is 0 Å². The summed E-state index contributed by atoms with van der Waals surface area (Å²) < 4.78 is 13.6. The highest BCUT2D eigenvalue weighted by Gasteiger charge is 2.36. The third kappa shape index (κ3) is 4.78. The summed E-state index contributed by atoms with van der Waals surface area (Å²) in [4.78, 5) is 30.8. The summed E-state index contributed by atoms with van der Waals surface area (Å²) in [6.45, 7) is 5.33. The highest BCUT2D eigenvalue weighted by molar-refractivity contribution is 5.80. The second kappa shape index (κ2) is 9.38. The maximum atomic E-state index is 12.8. The van der Waals surface area contributed by atoms with E-state index >= 15 is 0 Å². The number of aromatic nitrogens is 3. The van der Waals surface area contributed by atoms with Crippen molar-refractivity contribution in [1.29, 1.82) is 0 Å². The molecular weight excluding hydrogens is 458 g/mol. The van der Waals surface area contributed by atoms with E-state index in [-0.39, 0.29) is 42.3 Å². The Hall–Kier alpha value is -3.32. The van der Waals surface area contributed by atoms with Gasteiger partial charge in [-0.3, -0.25) is 19.9 Å². The Kier molecular flexibility index (Phi) is 6.64. The Morgan fingerprint density at radius 3 is 2.74 bits per heavy atom. The van der Waals surface area contributed by atoms with Crippen LogP contribution in [-0.2, 0) is 16.1 Å². The third-order valence-corrected chi connectivity index (χ3v) is 6.08. The van der Waals surface area contributed by atoms with E-state index in [4.69, 9.17) is 15.2 Å². The van der Waals surface area contributed by atoms with Gasteiger partial charge in [-0.2, -0.15) is 4.98 Å². The number of fused-ring (bicyclic) bond motifs is 1. The topological polar surface area (TPSA) is 179 Å². The number of aromatic amines is 1. The zero-order valence-corrected chi connectivity index (χ0v) is 19.7. The first-order chi connectivity index (χ1) is 16.5. The summed E-state index contributed by atoms with van der Waals surface area (Å²) in [5.74, 6) is -0.0842. The first-order valence-electron chi connectivity index (χ1n) is 11.2. The average Bonchev–Trinajstić information content (AvgIpc) is 3.33. The molecule has 0 bridgehead atoms. The molecule has 0 spiro atoms. The molecule has 0 saturated carbocycles. The van der Waals surface area contributed by atoms with Gasteiger partial charge in [0.25, 0.3) is 11.2 Å². The highest BCUT2D eigenvalue weighted by Crippen LogP contribution is 2.41. The number of rotatable bonds is 7. The summed E-state index contributed by atoms with van der Waals surface area (Å²) in [5.41, 5.74) is 5.90. The lowest BCUT2D eigenvalue weighted by molar-refractivity contribution is -0.386. The Morgan fingerprint density at radius 1 is 1.40 bits per heavy atom. The van der Waals surface area contributed by atoms with E-state index in [1.165, 1.54) is 6.07 Å². The molecule has 5 N–H and O–H groups in total. The van der Waals surface area contributed by atoms with Gasteiger partial charge in [0.05, 0.1) is 41.3 Å². The number of H-pyrrole nitrogens is 1. The Labute approximate surface area is 200 Å². The molecular formula is C23H29N5O7. The fourth-order valence-corrected chi connectivity index (χ4v) is 4.48. The number of nitrogens with two attached hydrogens (primary N) is 1. The lowest BCUT2D eigenvalue weighted by Crippen LogP contribution is -2.24. The lowest BCUT2D eigenvalue weighted by Gasteiger charge is -2.30. The SMILES string of the molecule is CC(C)(C)C(OCc1cn([C@H]2CC(O)[C@@H](CO)O2)c2nc(N)[nH]c(=O)c12)c1ccccc1[N+](=O)[O-]. The highest BCUT2D eigenvalue weighted by atomic mass is 16.6. The number of nitrogen functional groups attached to an aromatic ring is 1. The molecule has 1 saturated heterocycles. The summed E-state index contributed by atoms with van der Waals surface area (Å²) in [5, 5.41) is 31.5. The molecule has 2 aromatic heterocycles. The smallest absolute Gasteiger partial charge is 0.275 e. The standard InChI is InChI=1S/C23H29N5O7/c1-23(2,3)19(13-6-4-5-7-14(13)28(32)33)34-11-12-9-27(17-8-15(30)16(10-29)35-17)20-18(12)21(31)26-22(24)25-20/h4-7,9,15-17,19,29-30H,8,10-11H2,1-3H3,(H3,24,25,26,31)/t15?,16-,17-,19?/m1/s1. The van der Waals surface area contributed by atoms with Gasteiger partial charge in [-0.05, 0) is 11.5 Å². The molecule has 4 rings (SSSR count). The number of nitro benzene ring substituents is 1. The minimum Gasteiger partial charge on any atom is -0.394 e. The Balaban J connectivity index is 1.74. The number of hydrogen-bond donors (Lipinski definition) is 4. The van der Waals surface area contributed by atoms with E-state index in [1.54, 1.807) is 29.0 Å². The largest absolute Gasteiger partial charge is 0.394 e. The first-order valence-corrected chi connectivity index (χ1v) is 11.2. The molecule has 4 atom stereocenters. The maximum absolute atomic E-state index is 12.8. The normalized spacial score (nSPS) is 21.5. The summed E-state index contributed by atoms with van der Waals surface area (Å²) in [6.07, 6.45) is -1.16.